The summed E-state index contributed by atoms with van der Waals surface area (Å²) in [6, 6.07) is 9.54. The molecule has 0 radical (unpaired) electrons. The van der Waals surface area contributed by atoms with Crippen LogP contribution in [0, 0.1) is 6.92 Å². The second kappa shape index (κ2) is 4.20. The predicted octanol–water partition coefficient (Wildman–Crippen LogP) is 1.80. The lowest BCUT2D eigenvalue weighted by Crippen LogP contribution is -2.12. The van der Waals surface area contributed by atoms with Gasteiger partial charge in [-0.3, -0.25) is 4.79 Å². The van der Waals surface area contributed by atoms with Crippen molar-refractivity contribution in [3.63, 3.8) is 0 Å². The summed E-state index contributed by atoms with van der Waals surface area (Å²) < 4.78 is 1.57. The van der Waals surface area contributed by atoms with Crippen LogP contribution in [0.1, 0.15) is 15.9 Å². The molecule has 0 aliphatic carbocycles. The molecule has 1 amide bonds. The Kier molecular flexibility index (Phi) is 2.52. The number of aromatic nitrogens is 3. The van der Waals surface area contributed by atoms with Crippen LogP contribution in [0.15, 0.2) is 42.7 Å². The second-order valence-corrected chi connectivity index (χ2v) is 4.35. The number of carbonyl (C=O) groups is 1. The van der Waals surface area contributed by atoms with E-state index in [1.807, 2.05) is 31.2 Å². The fourth-order valence-electron chi connectivity index (χ4n) is 2.11. The van der Waals surface area contributed by atoms with E-state index in [0.29, 0.717) is 16.9 Å². The van der Waals surface area contributed by atoms with Gasteiger partial charge in [0, 0.05) is 18.0 Å². The van der Waals surface area contributed by atoms with Crippen molar-refractivity contribution in [2.24, 2.45) is 5.73 Å². The monoisotopic (exact) mass is 252 g/mol. The Bertz CT molecular complexity index is 776. The Morgan fingerprint density at radius 1 is 1.32 bits per heavy atom. The molecule has 0 unspecified atom stereocenters. The fourth-order valence-corrected chi connectivity index (χ4v) is 2.11. The van der Waals surface area contributed by atoms with Crippen LogP contribution in [0.3, 0.4) is 0 Å². The highest BCUT2D eigenvalue weighted by Crippen LogP contribution is 2.25. The van der Waals surface area contributed by atoms with Crippen LogP contribution in [0.5, 0.6) is 0 Å². The standard InChI is InChI=1S/C14H12N4O/c1-9-4-2-5-10(8-9)12-11(13(15)19)14-16-6-3-7-18(14)17-12/h2-8H,1H3,(H2,15,19). The van der Waals surface area contributed by atoms with Crippen LogP contribution in [-0.4, -0.2) is 20.5 Å². The number of carbonyl (C=O) groups excluding carboxylic acids is 1. The summed E-state index contributed by atoms with van der Waals surface area (Å²) in [4.78, 5) is 15.9. The van der Waals surface area contributed by atoms with Crippen molar-refractivity contribution in [1.82, 2.24) is 14.6 Å². The van der Waals surface area contributed by atoms with Gasteiger partial charge in [-0.15, -0.1) is 0 Å². The van der Waals surface area contributed by atoms with Crippen LogP contribution >= 0.6 is 0 Å². The summed E-state index contributed by atoms with van der Waals surface area (Å²) >= 11 is 0. The Labute approximate surface area is 109 Å². The van der Waals surface area contributed by atoms with E-state index >= 15 is 0 Å². The highest BCUT2D eigenvalue weighted by molar-refractivity contribution is 6.04. The van der Waals surface area contributed by atoms with Crippen molar-refractivity contribution >= 4 is 11.6 Å². The van der Waals surface area contributed by atoms with Gasteiger partial charge in [0.05, 0.1) is 0 Å². The number of primary amides is 1. The first-order chi connectivity index (χ1) is 9.16. The van der Waals surface area contributed by atoms with Gasteiger partial charge in [0.2, 0.25) is 0 Å². The van der Waals surface area contributed by atoms with E-state index < -0.39 is 5.91 Å². The predicted molar refractivity (Wildman–Crippen MR) is 71.7 cm³/mol. The molecular formula is C14H12N4O. The van der Waals surface area contributed by atoms with Crippen LogP contribution in [0.25, 0.3) is 16.9 Å². The third-order valence-corrected chi connectivity index (χ3v) is 2.93. The zero-order valence-corrected chi connectivity index (χ0v) is 10.4. The number of rotatable bonds is 2. The lowest BCUT2D eigenvalue weighted by molar-refractivity contribution is 0.100. The molecule has 3 rings (SSSR count). The molecule has 0 aliphatic rings. The average molecular weight is 252 g/mol. The van der Waals surface area contributed by atoms with E-state index in [9.17, 15) is 4.79 Å². The molecule has 2 N–H and O–H groups in total. The highest BCUT2D eigenvalue weighted by atomic mass is 16.1. The van der Waals surface area contributed by atoms with Crippen LogP contribution < -0.4 is 5.73 Å². The van der Waals surface area contributed by atoms with Crippen LogP contribution in [0.2, 0.25) is 0 Å². The van der Waals surface area contributed by atoms with Crippen molar-refractivity contribution in [3.05, 3.63) is 53.9 Å². The number of benzene rings is 1. The van der Waals surface area contributed by atoms with Crippen molar-refractivity contribution < 1.29 is 4.79 Å². The molecule has 0 atom stereocenters. The van der Waals surface area contributed by atoms with Gasteiger partial charge in [-0.05, 0) is 19.1 Å². The first-order valence-electron chi connectivity index (χ1n) is 5.87. The summed E-state index contributed by atoms with van der Waals surface area (Å²) in [5.74, 6) is -0.523. The molecule has 0 spiro atoms. The minimum atomic E-state index is -0.523. The van der Waals surface area contributed by atoms with E-state index in [0.717, 1.165) is 11.1 Å². The average Bonchev–Trinajstić information content (AvgIpc) is 2.78. The summed E-state index contributed by atoms with van der Waals surface area (Å²) in [6.07, 6.45) is 3.36. The largest absolute Gasteiger partial charge is 0.365 e. The third kappa shape index (κ3) is 1.85. The molecule has 2 heterocycles. The quantitative estimate of drug-likeness (QED) is 0.755. The number of nitrogens with two attached hydrogens (primary N) is 1. The van der Waals surface area contributed by atoms with E-state index in [4.69, 9.17) is 5.73 Å². The van der Waals surface area contributed by atoms with Gasteiger partial charge < -0.3 is 5.73 Å². The molecule has 2 aromatic heterocycles. The number of fused-ring (bicyclic) bond motifs is 1. The number of amides is 1. The topological polar surface area (TPSA) is 73.3 Å². The molecule has 0 saturated carbocycles. The third-order valence-electron chi connectivity index (χ3n) is 2.93. The normalized spacial score (nSPS) is 10.8. The summed E-state index contributed by atoms with van der Waals surface area (Å²) in [5.41, 5.74) is 8.82. The van der Waals surface area contributed by atoms with Gasteiger partial charge in [-0.2, -0.15) is 5.10 Å². The van der Waals surface area contributed by atoms with Gasteiger partial charge in [0.15, 0.2) is 5.65 Å². The minimum absolute atomic E-state index is 0.353. The lowest BCUT2D eigenvalue weighted by Gasteiger charge is -2.00. The molecule has 0 aliphatic heterocycles. The van der Waals surface area contributed by atoms with Crippen LogP contribution in [0.4, 0.5) is 0 Å². The van der Waals surface area contributed by atoms with E-state index in [1.54, 1.807) is 23.0 Å². The molecular weight excluding hydrogens is 240 g/mol. The SMILES string of the molecule is Cc1cccc(-c2nn3cccnc3c2C(N)=O)c1. The molecule has 3 aromatic rings. The van der Waals surface area contributed by atoms with Gasteiger partial charge in [-0.1, -0.05) is 23.8 Å². The Morgan fingerprint density at radius 3 is 2.89 bits per heavy atom. The molecule has 19 heavy (non-hydrogen) atoms. The molecule has 1 aromatic carbocycles. The molecule has 0 bridgehead atoms. The van der Waals surface area contributed by atoms with Crippen molar-refractivity contribution in [3.8, 4) is 11.3 Å². The number of aryl methyl sites for hydroxylation is 1. The maximum Gasteiger partial charge on any atom is 0.254 e. The smallest absolute Gasteiger partial charge is 0.254 e. The zero-order valence-electron chi connectivity index (χ0n) is 10.4. The zero-order chi connectivity index (χ0) is 13.4. The second-order valence-electron chi connectivity index (χ2n) is 4.35. The van der Waals surface area contributed by atoms with Gasteiger partial charge in [-0.25, -0.2) is 9.50 Å². The summed E-state index contributed by atoms with van der Waals surface area (Å²) in [6.45, 7) is 1.99. The van der Waals surface area contributed by atoms with Crippen molar-refractivity contribution in [2.75, 3.05) is 0 Å². The molecule has 0 fully saturated rings. The number of hydrogen-bond donors (Lipinski definition) is 1. The maximum absolute atomic E-state index is 11.7. The Morgan fingerprint density at radius 2 is 2.16 bits per heavy atom. The van der Waals surface area contributed by atoms with Crippen LogP contribution in [-0.2, 0) is 0 Å². The summed E-state index contributed by atoms with van der Waals surface area (Å²) in [5, 5.41) is 4.40. The first-order valence-corrected chi connectivity index (χ1v) is 5.87. The van der Waals surface area contributed by atoms with Gasteiger partial charge >= 0.3 is 0 Å². The molecule has 0 saturated heterocycles. The number of nitrogens with zero attached hydrogens (tertiary/aromatic N) is 3. The van der Waals surface area contributed by atoms with E-state index in [2.05, 4.69) is 10.1 Å². The Hall–Kier alpha value is -2.69. The number of hydrogen-bond acceptors (Lipinski definition) is 3. The van der Waals surface area contributed by atoms with Crippen molar-refractivity contribution in [2.45, 2.75) is 6.92 Å². The van der Waals surface area contributed by atoms with E-state index in [1.165, 1.54) is 0 Å². The molecule has 5 nitrogen and oxygen atoms in total. The van der Waals surface area contributed by atoms with E-state index in [-0.39, 0.29) is 0 Å². The Balaban J connectivity index is 2.34. The van der Waals surface area contributed by atoms with Gasteiger partial charge in [0.1, 0.15) is 11.3 Å². The molecule has 5 heteroatoms. The summed E-state index contributed by atoms with van der Waals surface area (Å²) in [7, 11) is 0. The first kappa shape index (κ1) is 11.4. The lowest BCUT2D eigenvalue weighted by atomic mass is 10.1. The van der Waals surface area contributed by atoms with Gasteiger partial charge in [0.25, 0.3) is 5.91 Å². The maximum atomic E-state index is 11.7. The molecule has 94 valence electrons. The highest BCUT2D eigenvalue weighted by Gasteiger charge is 2.19. The fraction of sp³-hybridized carbons (Fsp3) is 0.0714. The van der Waals surface area contributed by atoms with Crippen molar-refractivity contribution in [1.29, 1.82) is 0 Å². The minimum Gasteiger partial charge on any atom is -0.365 e.